The molecule has 0 aromatic heterocycles. The van der Waals surface area contributed by atoms with Crippen molar-refractivity contribution >= 4 is 35.2 Å². The molecule has 0 atom stereocenters. The zero-order valence-corrected chi connectivity index (χ0v) is 17.0. The second kappa shape index (κ2) is 9.92. The lowest BCUT2D eigenvalue weighted by molar-refractivity contribution is -0.137. The van der Waals surface area contributed by atoms with Crippen molar-refractivity contribution in [1.29, 1.82) is 0 Å². The molecule has 0 saturated carbocycles. The van der Waals surface area contributed by atoms with Gasteiger partial charge in [-0.15, -0.1) is 0 Å². The first-order valence-electron chi connectivity index (χ1n) is 8.35. The molecule has 0 fully saturated rings. The highest BCUT2D eigenvalue weighted by atomic mass is 32.1. The fraction of sp³-hybridized carbons (Fsp3) is 0.211. The number of nitrogens with one attached hydrogen (secondary N) is 2. The maximum Gasteiger partial charge on any atom is 0.416 e. The molecule has 0 spiro atoms. The van der Waals surface area contributed by atoms with E-state index in [1.54, 1.807) is 12.1 Å². The largest absolute Gasteiger partial charge is 0.493 e. The fourth-order valence-electron chi connectivity index (χ4n) is 2.32. The summed E-state index contributed by atoms with van der Waals surface area (Å²) in [5.41, 5.74) is 2.38. The first-order chi connectivity index (χ1) is 14.1. The first kappa shape index (κ1) is 22.9. The molecular weight excluding hydrogens is 423 g/mol. The van der Waals surface area contributed by atoms with Crippen LogP contribution in [0.15, 0.2) is 41.5 Å². The number of carbonyl (C=O) groups excluding carboxylic acids is 1. The Morgan fingerprint density at radius 3 is 2.30 bits per heavy atom. The third kappa shape index (κ3) is 6.34. The van der Waals surface area contributed by atoms with E-state index in [1.807, 2.05) is 0 Å². The second-order valence-electron chi connectivity index (χ2n) is 5.75. The van der Waals surface area contributed by atoms with Crippen molar-refractivity contribution in [3.63, 3.8) is 0 Å². The molecular formula is C19H18F3N3O4S. The van der Waals surface area contributed by atoms with Crippen LogP contribution in [-0.2, 0) is 11.0 Å². The van der Waals surface area contributed by atoms with Gasteiger partial charge in [0.1, 0.15) is 0 Å². The van der Waals surface area contributed by atoms with E-state index < -0.39 is 17.7 Å². The quantitative estimate of drug-likeness (QED) is 0.231. The summed E-state index contributed by atoms with van der Waals surface area (Å²) in [7, 11) is 2.80. The van der Waals surface area contributed by atoms with Crippen LogP contribution in [0.4, 0.5) is 18.9 Å². The van der Waals surface area contributed by atoms with Gasteiger partial charge < -0.3 is 19.5 Å². The summed E-state index contributed by atoms with van der Waals surface area (Å²) in [6.45, 7) is 1.25. The van der Waals surface area contributed by atoms with Gasteiger partial charge in [0.05, 0.1) is 26.0 Å². The Labute approximate surface area is 175 Å². The van der Waals surface area contributed by atoms with E-state index >= 15 is 0 Å². The number of thiocarbonyl (C=S) groups is 1. The molecule has 2 aromatic rings. The maximum absolute atomic E-state index is 12.8. The van der Waals surface area contributed by atoms with E-state index in [-0.39, 0.29) is 28.0 Å². The van der Waals surface area contributed by atoms with Gasteiger partial charge in [-0.3, -0.25) is 10.2 Å². The van der Waals surface area contributed by atoms with Crippen molar-refractivity contribution in [2.45, 2.75) is 13.1 Å². The molecule has 0 bridgehead atoms. The van der Waals surface area contributed by atoms with E-state index in [1.165, 1.54) is 39.5 Å². The molecule has 2 aromatic carbocycles. The zero-order valence-electron chi connectivity index (χ0n) is 16.2. The number of esters is 1. The summed E-state index contributed by atoms with van der Waals surface area (Å²) in [4.78, 5) is 11.3. The third-order valence-corrected chi connectivity index (χ3v) is 3.75. The molecule has 0 aliphatic rings. The van der Waals surface area contributed by atoms with E-state index in [4.69, 9.17) is 26.4 Å². The monoisotopic (exact) mass is 441 g/mol. The predicted octanol–water partition coefficient (Wildman–Crippen LogP) is 3.97. The minimum absolute atomic E-state index is 0.0129. The van der Waals surface area contributed by atoms with Crippen LogP contribution in [0, 0.1) is 0 Å². The van der Waals surface area contributed by atoms with Crippen molar-refractivity contribution < 1.29 is 32.2 Å². The molecule has 0 radical (unpaired) electrons. The molecule has 30 heavy (non-hydrogen) atoms. The molecule has 0 heterocycles. The lowest BCUT2D eigenvalue weighted by Gasteiger charge is -2.13. The zero-order chi connectivity index (χ0) is 22.3. The Morgan fingerprint density at radius 2 is 1.77 bits per heavy atom. The number of carbonyl (C=O) groups is 1. The van der Waals surface area contributed by atoms with Crippen molar-refractivity contribution in [3.05, 3.63) is 47.5 Å². The van der Waals surface area contributed by atoms with Gasteiger partial charge in [0, 0.05) is 18.2 Å². The highest BCUT2D eigenvalue weighted by molar-refractivity contribution is 7.80. The smallest absolute Gasteiger partial charge is 0.416 e. The number of hydrogen-bond donors (Lipinski definition) is 2. The van der Waals surface area contributed by atoms with Crippen molar-refractivity contribution in [2.75, 3.05) is 19.5 Å². The van der Waals surface area contributed by atoms with E-state index in [0.29, 0.717) is 5.56 Å². The number of hydrazone groups is 1. The molecule has 0 unspecified atom stereocenters. The molecule has 11 heteroatoms. The average molecular weight is 441 g/mol. The Kier molecular flexibility index (Phi) is 7.59. The van der Waals surface area contributed by atoms with Gasteiger partial charge in [0.2, 0.25) is 5.75 Å². The molecule has 0 aliphatic carbocycles. The Balaban J connectivity index is 2.09. The Bertz CT molecular complexity index is 939. The summed E-state index contributed by atoms with van der Waals surface area (Å²) in [6, 6.07) is 7.70. The standard InChI is InChI=1S/C19H18F3N3O4S/c1-11(26)29-17-15(27-2)7-12(8-16(17)28-3)10-23-25-18(30)24-14-6-4-5-13(9-14)19(20,21)22/h4-10H,1-3H3,(H2,24,25,30)/b23-10+. The van der Waals surface area contributed by atoms with Crippen LogP contribution >= 0.6 is 12.2 Å². The number of methoxy groups -OCH3 is 2. The number of rotatable bonds is 6. The molecule has 0 aliphatic heterocycles. The van der Waals surface area contributed by atoms with Gasteiger partial charge in [-0.05, 0) is 42.5 Å². The highest BCUT2D eigenvalue weighted by Crippen LogP contribution is 2.38. The molecule has 160 valence electrons. The SMILES string of the molecule is COc1cc(/C=N/NC(=S)Nc2cccc(C(F)(F)F)c2)cc(OC)c1OC(C)=O. The van der Waals surface area contributed by atoms with E-state index in [2.05, 4.69) is 15.8 Å². The Morgan fingerprint density at radius 1 is 1.13 bits per heavy atom. The number of anilines is 1. The molecule has 2 N–H and O–H groups in total. The molecule has 2 rings (SSSR count). The summed E-state index contributed by atoms with van der Waals surface area (Å²) in [6.07, 6.45) is -3.08. The lowest BCUT2D eigenvalue weighted by atomic mass is 10.2. The fourth-order valence-corrected chi connectivity index (χ4v) is 2.49. The summed E-state index contributed by atoms with van der Waals surface area (Å²) in [5, 5.41) is 6.53. The van der Waals surface area contributed by atoms with Crippen LogP contribution in [0.1, 0.15) is 18.1 Å². The van der Waals surface area contributed by atoms with Crippen LogP contribution < -0.4 is 25.0 Å². The van der Waals surface area contributed by atoms with Crippen molar-refractivity contribution in [3.8, 4) is 17.2 Å². The van der Waals surface area contributed by atoms with Crippen LogP contribution in [0.3, 0.4) is 0 Å². The molecule has 0 amide bonds. The lowest BCUT2D eigenvalue weighted by Crippen LogP contribution is -2.24. The molecule has 7 nitrogen and oxygen atoms in total. The van der Waals surface area contributed by atoms with Crippen molar-refractivity contribution in [2.24, 2.45) is 5.10 Å². The van der Waals surface area contributed by atoms with E-state index in [9.17, 15) is 18.0 Å². The number of benzene rings is 2. The maximum atomic E-state index is 12.8. The van der Waals surface area contributed by atoms with Gasteiger partial charge in [0.25, 0.3) is 0 Å². The van der Waals surface area contributed by atoms with Gasteiger partial charge >= 0.3 is 12.1 Å². The van der Waals surface area contributed by atoms with Gasteiger partial charge in [-0.25, -0.2) is 0 Å². The number of nitrogens with zero attached hydrogens (tertiary/aromatic N) is 1. The Hall–Kier alpha value is -3.34. The van der Waals surface area contributed by atoms with Crippen LogP contribution in [-0.4, -0.2) is 31.5 Å². The van der Waals surface area contributed by atoms with Crippen molar-refractivity contribution in [1.82, 2.24) is 5.43 Å². The van der Waals surface area contributed by atoms with Gasteiger partial charge in [0.15, 0.2) is 16.6 Å². The van der Waals surface area contributed by atoms with E-state index in [0.717, 1.165) is 12.1 Å². The minimum atomic E-state index is -4.46. The number of halogens is 3. The first-order valence-corrected chi connectivity index (χ1v) is 8.76. The van der Waals surface area contributed by atoms with Crippen LogP contribution in [0.5, 0.6) is 17.2 Å². The van der Waals surface area contributed by atoms with Crippen LogP contribution in [0.25, 0.3) is 0 Å². The number of ether oxygens (including phenoxy) is 3. The average Bonchev–Trinajstić information content (AvgIpc) is 2.67. The summed E-state index contributed by atoms with van der Waals surface area (Å²) in [5.74, 6) is 0.0753. The normalized spacial score (nSPS) is 11.1. The van der Waals surface area contributed by atoms with Crippen LogP contribution in [0.2, 0.25) is 0 Å². The predicted molar refractivity (Wildman–Crippen MR) is 109 cm³/mol. The second-order valence-corrected chi connectivity index (χ2v) is 6.16. The van der Waals surface area contributed by atoms with Gasteiger partial charge in [-0.2, -0.15) is 18.3 Å². The summed E-state index contributed by atoms with van der Waals surface area (Å²) < 4.78 is 53.8. The van der Waals surface area contributed by atoms with Gasteiger partial charge in [-0.1, -0.05) is 6.07 Å². The highest BCUT2D eigenvalue weighted by Gasteiger charge is 2.30. The molecule has 0 saturated heterocycles. The minimum Gasteiger partial charge on any atom is -0.493 e. The third-order valence-electron chi connectivity index (χ3n) is 3.56. The number of alkyl halides is 3. The number of hydrogen-bond acceptors (Lipinski definition) is 6. The topological polar surface area (TPSA) is 81.2 Å². The summed E-state index contributed by atoms with van der Waals surface area (Å²) >= 11 is 5.03.